The van der Waals surface area contributed by atoms with Gasteiger partial charge in [0.15, 0.2) is 0 Å². The lowest BCUT2D eigenvalue weighted by Gasteiger charge is -2.40. The molecular weight excluding hydrogens is 278 g/mol. The lowest BCUT2D eigenvalue weighted by atomic mass is 9.72. The van der Waals surface area contributed by atoms with Crippen LogP contribution in [0.5, 0.6) is 0 Å². The van der Waals surface area contributed by atoms with Crippen LogP contribution >= 0.6 is 0 Å². The number of rotatable bonds is 1. The second-order valence-electron chi connectivity index (χ2n) is 7.73. The van der Waals surface area contributed by atoms with Gasteiger partial charge in [0, 0.05) is 23.3 Å². The van der Waals surface area contributed by atoms with Crippen LogP contribution in [0.1, 0.15) is 39.2 Å². The maximum atomic E-state index is 4.30. The number of benzene rings is 1. The standard InChI is InChI=1S/C22H25N/c1-14(2)17-13-18-16(12-15(17)3)10-11-23-20-9-7-6-8-19(20)22(4,5)21(18)23/h6-9,13,16H,1,3,10-12H2,2,4-5H3. The van der Waals surface area contributed by atoms with E-state index in [9.17, 15) is 0 Å². The topological polar surface area (TPSA) is 3.24 Å². The summed E-state index contributed by atoms with van der Waals surface area (Å²) in [7, 11) is 0. The van der Waals surface area contributed by atoms with Gasteiger partial charge in [-0.05, 0) is 60.1 Å². The van der Waals surface area contributed by atoms with E-state index in [-0.39, 0.29) is 5.41 Å². The van der Waals surface area contributed by atoms with Gasteiger partial charge in [-0.15, -0.1) is 0 Å². The van der Waals surface area contributed by atoms with Gasteiger partial charge in [0.1, 0.15) is 0 Å². The lowest BCUT2D eigenvalue weighted by molar-refractivity contribution is 0.495. The molecule has 4 rings (SSSR count). The van der Waals surface area contributed by atoms with Crippen LogP contribution in [0.25, 0.3) is 0 Å². The average molecular weight is 303 g/mol. The van der Waals surface area contributed by atoms with Gasteiger partial charge in [0.2, 0.25) is 0 Å². The van der Waals surface area contributed by atoms with Crippen molar-refractivity contribution in [2.24, 2.45) is 5.92 Å². The number of fused-ring (bicyclic) bond motifs is 4. The first kappa shape index (κ1) is 14.6. The zero-order valence-electron chi connectivity index (χ0n) is 14.4. The van der Waals surface area contributed by atoms with E-state index < -0.39 is 0 Å². The smallest absolute Gasteiger partial charge is 0.0450 e. The molecule has 0 bridgehead atoms. The predicted octanol–water partition coefficient (Wildman–Crippen LogP) is 5.52. The Morgan fingerprint density at radius 3 is 2.74 bits per heavy atom. The number of hydrogen-bond donors (Lipinski definition) is 0. The minimum atomic E-state index is 0.0694. The third kappa shape index (κ3) is 1.92. The predicted molar refractivity (Wildman–Crippen MR) is 98.6 cm³/mol. The summed E-state index contributed by atoms with van der Waals surface area (Å²) in [6.45, 7) is 16.4. The van der Waals surface area contributed by atoms with Crippen LogP contribution in [0.3, 0.4) is 0 Å². The first-order valence-corrected chi connectivity index (χ1v) is 8.58. The quantitative estimate of drug-likeness (QED) is 0.660. The molecule has 23 heavy (non-hydrogen) atoms. The minimum absolute atomic E-state index is 0.0694. The largest absolute Gasteiger partial charge is 0.344 e. The second-order valence-corrected chi connectivity index (χ2v) is 7.73. The fourth-order valence-electron chi connectivity index (χ4n) is 4.69. The Balaban J connectivity index is 1.97. The summed E-state index contributed by atoms with van der Waals surface area (Å²) in [6, 6.07) is 8.89. The highest BCUT2D eigenvalue weighted by Gasteiger charge is 2.45. The number of para-hydroxylation sites is 1. The van der Waals surface area contributed by atoms with Crippen molar-refractivity contribution in [3.8, 4) is 0 Å². The molecule has 0 radical (unpaired) electrons. The highest BCUT2D eigenvalue weighted by molar-refractivity contribution is 5.73. The number of nitrogens with zero attached hydrogens (tertiary/aromatic N) is 1. The van der Waals surface area contributed by atoms with Crippen LogP contribution in [-0.4, -0.2) is 6.54 Å². The molecule has 1 heteroatoms. The van der Waals surface area contributed by atoms with Crippen molar-refractivity contribution >= 4 is 5.69 Å². The molecule has 1 unspecified atom stereocenters. The number of hydrogen-bond acceptors (Lipinski definition) is 1. The molecule has 0 aromatic heterocycles. The van der Waals surface area contributed by atoms with E-state index in [2.05, 4.69) is 69.2 Å². The summed E-state index contributed by atoms with van der Waals surface area (Å²) in [4.78, 5) is 2.56. The Bertz CT molecular complexity index is 788. The Labute approximate surface area is 139 Å². The highest BCUT2D eigenvalue weighted by Crippen LogP contribution is 2.54. The summed E-state index contributed by atoms with van der Waals surface area (Å²) >= 11 is 0. The molecule has 0 saturated carbocycles. The molecule has 1 atom stereocenters. The van der Waals surface area contributed by atoms with E-state index in [1.807, 2.05) is 0 Å². The van der Waals surface area contributed by atoms with Gasteiger partial charge < -0.3 is 4.90 Å². The molecule has 1 nitrogen and oxygen atoms in total. The van der Waals surface area contributed by atoms with Gasteiger partial charge in [-0.3, -0.25) is 0 Å². The zero-order valence-corrected chi connectivity index (χ0v) is 14.4. The molecule has 0 saturated heterocycles. The fraction of sp³-hybridized carbons (Fsp3) is 0.364. The van der Waals surface area contributed by atoms with Crippen LogP contribution in [0.4, 0.5) is 5.69 Å². The molecule has 1 aromatic rings. The Morgan fingerprint density at radius 2 is 2.00 bits per heavy atom. The van der Waals surface area contributed by atoms with Crippen LogP contribution < -0.4 is 4.90 Å². The molecule has 118 valence electrons. The molecule has 3 aliphatic rings. The van der Waals surface area contributed by atoms with Crippen molar-refractivity contribution in [1.82, 2.24) is 0 Å². The number of allylic oxidation sites excluding steroid dienone is 6. The monoisotopic (exact) mass is 303 g/mol. The van der Waals surface area contributed by atoms with E-state index in [1.54, 1.807) is 0 Å². The molecule has 0 fully saturated rings. The van der Waals surface area contributed by atoms with Crippen molar-refractivity contribution in [2.45, 2.75) is 39.0 Å². The Hall–Kier alpha value is -2.02. The normalized spacial score (nSPS) is 24.8. The van der Waals surface area contributed by atoms with Gasteiger partial charge in [-0.25, -0.2) is 0 Å². The van der Waals surface area contributed by atoms with Crippen molar-refractivity contribution in [1.29, 1.82) is 0 Å². The SMILES string of the molecule is C=C(C)C1=CC2=C3N(CCC2CC1=C)c1ccccc1C3(C)C. The van der Waals surface area contributed by atoms with Crippen LogP contribution in [0.2, 0.25) is 0 Å². The molecular formula is C22H25N. The van der Waals surface area contributed by atoms with Crippen molar-refractivity contribution in [3.63, 3.8) is 0 Å². The average Bonchev–Trinajstić information content (AvgIpc) is 2.75. The van der Waals surface area contributed by atoms with Gasteiger partial charge in [-0.2, -0.15) is 0 Å². The maximum absolute atomic E-state index is 4.30. The molecule has 1 aliphatic carbocycles. The molecule has 0 spiro atoms. The van der Waals surface area contributed by atoms with Gasteiger partial charge in [0.25, 0.3) is 0 Å². The lowest BCUT2D eigenvalue weighted by Crippen LogP contribution is -2.36. The van der Waals surface area contributed by atoms with Gasteiger partial charge in [0.05, 0.1) is 0 Å². The van der Waals surface area contributed by atoms with Gasteiger partial charge in [-0.1, -0.05) is 50.8 Å². The molecule has 0 amide bonds. The number of anilines is 1. The van der Waals surface area contributed by atoms with E-state index in [0.717, 1.165) is 18.5 Å². The first-order chi connectivity index (χ1) is 10.9. The third-order valence-corrected chi connectivity index (χ3v) is 5.78. The van der Waals surface area contributed by atoms with Crippen molar-refractivity contribution in [2.75, 3.05) is 11.4 Å². The van der Waals surface area contributed by atoms with E-state index in [0.29, 0.717) is 5.92 Å². The second kappa shape index (κ2) is 4.74. The summed E-state index contributed by atoms with van der Waals surface area (Å²) in [5.41, 5.74) is 9.59. The molecule has 2 aliphatic heterocycles. The first-order valence-electron chi connectivity index (χ1n) is 8.58. The fourth-order valence-corrected chi connectivity index (χ4v) is 4.69. The zero-order chi connectivity index (χ0) is 16.4. The Morgan fingerprint density at radius 1 is 1.26 bits per heavy atom. The summed E-state index contributed by atoms with van der Waals surface area (Å²) in [5, 5.41) is 0. The molecule has 2 heterocycles. The highest BCUT2D eigenvalue weighted by atomic mass is 15.2. The summed E-state index contributed by atoms with van der Waals surface area (Å²) < 4.78 is 0. The van der Waals surface area contributed by atoms with Crippen molar-refractivity contribution < 1.29 is 0 Å². The summed E-state index contributed by atoms with van der Waals surface area (Å²) in [6.07, 6.45) is 4.67. The minimum Gasteiger partial charge on any atom is -0.344 e. The maximum Gasteiger partial charge on any atom is 0.0450 e. The Kier molecular flexibility index (Phi) is 3.00. The van der Waals surface area contributed by atoms with Crippen LogP contribution in [0, 0.1) is 5.92 Å². The van der Waals surface area contributed by atoms with E-state index in [1.165, 1.54) is 40.1 Å². The van der Waals surface area contributed by atoms with Gasteiger partial charge >= 0.3 is 0 Å². The van der Waals surface area contributed by atoms with Crippen molar-refractivity contribution in [3.05, 3.63) is 77.1 Å². The van der Waals surface area contributed by atoms with Crippen LogP contribution in [0.15, 0.2) is 71.5 Å². The summed E-state index contributed by atoms with van der Waals surface area (Å²) in [5.74, 6) is 0.616. The van der Waals surface area contributed by atoms with E-state index in [4.69, 9.17) is 0 Å². The molecule has 1 aromatic carbocycles. The molecule has 0 N–H and O–H groups in total. The third-order valence-electron chi connectivity index (χ3n) is 5.78. The van der Waals surface area contributed by atoms with Crippen LogP contribution in [-0.2, 0) is 5.41 Å². The van der Waals surface area contributed by atoms with E-state index >= 15 is 0 Å².